The molecule has 0 aromatic heterocycles. The van der Waals surface area contributed by atoms with Crippen LogP contribution in [-0.2, 0) is 49.3 Å². The van der Waals surface area contributed by atoms with E-state index in [9.17, 15) is 28.8 Å². The molecule has 1 fully saturated rings. The van der Waals surface area contributed by atoms with Crippen molar-refractivity contribution in [2.45, 2.75) is 149 Å². The first-order chi connectivity index (χ1) is 34.9. The summed E-state index contributed by atoms with van der Waals surface area (Å²) in [6, 6.07) is 22.7. The fourth-order valence-electron chi connectivity index (χ4n) is 11.0. The van der Waals surface area contributed by atoms with Crippen molar-refractivity contribution in [3.05, 3.63) is 108 Å². The van der Waals surface area contributed by atoms with Gasteiger partial charge >= 0.3 is 12.1 Å². The van der Waals surface area contributed by atoms with Crippen LogP contribution in [0, 0.1) is 29.6 Å². The Morgan fingerprint density at radius 3 is 1.89 bits per heavy atom. The second kappa shape index (κ2) is 26.1. The predicted octanol–water partition coefficient (Wildman–Crippen LogP) is 9.28. The van der Waals surface area contributed by atoms with E-state index in [1.807, 2.05) is 96.1 Å². The number of likely N-dealkylation sites (N-methyl/N-ethyl adjacent to an activating group) is 2. The van der Waals surface area contributed by atoms with E-state index in [0.29, 0.717) is 12.8 Å². The highest BCUT2D eigenvalue weighted by Crippen LogP contribution is 2.44. The number of rotatable bonds is 24. The van der Waals surface area contributed by atoms with Gasteiger partial charge in [0, 0.05) is 59.5 Å². The van der Waals surface area contributed by atoms with Gasteiger partial charge in [-0.3, -0.25) is 19.2 Å². The molecule has 14 nitrogen and oxygen atoms in total. The number of amides is 4. The van der Waals surface area contributed by atoms with Gasteiger partial charge in [-0.05, 0) is 72.8 Å². The van der Waals surface area contributed by atoms with Gasteiger partial charge in [0.2, 0.25) is 17.7 Å². The number of carbonyl (C=O) groups excluding carboxylic acids is 6. The number of nitrogens with zero attached hydrogens (tertiary/aromatic N) is 3. The molecule has 1 saturated heterocycles. The minimum Gasteiger partial charge on any atom is -0.458 e. The van der Waals surface area contributed by atoms with Crippen molar-refractivity contribution in [2.24, 2.45) is 29.6 Å². The smallest absolute Gasteiger partial charge is 0.410 e. The molecule has 2 aliphatic rings. The summed E-state index contributed by atoms with van der Waals surface area (Å²) < 4.78 is 23.9. The molecule has 74 heavy (non-hydrogen) atoms. The van der Waals surface area contributed by atoms with Gasteiger partial charge in [0.05, 0.1) is 42.7 Å². The van der Waals surface area contributed by atoms with Crippen LogP contribution in [0.15, 0.2) is 91.0 Å². The van der Waals surface area contributed by atoms with Crippen LogP contribution in [0.4, 0.5) is 4.79 Å². The number of Topliss-reactive ketones (excluding diaryl/α,β-unsaturated/α-hetero) is 1. The second-order valence-corrected chi connectivity index (χ2v) is 22.2. The van der Waals surface area contributed by atoms with Gasteiger partial charge in [-0.15, -0.1) is 0 Å². The average Bonchev–Trinajstić information content (AvgIpc) is 3.90. The lowest BCUT2D eigenvalue weighted by Gasteiger charge is -2.41. The lowest BCUT2D eigenvalue weighted by atomic mass is 9.83. The summed E-state index contributed by atoms with van der Waals surface area (Å²) in [7, 11) is 6.33. The average molecular weight is 1020 g/mol. The number of esters is 1. The fraction of sp³-hybridized carbons (Fsp3) is 0.567. The van der Waals surface area contributed by atoms with Crippen LogP contribution in [0.25, 0.3) is 11.1 Å². The lowest BCUT2D eigenvalue weighted by Crippen LogP contribution is -2.55. The van der Waals surface area contributed by atoms with E-state index in [0.717, 1.165) is 33.4 Å². The lowest BCUT2D eigenvalue weighted by molar-refractivity contribution is -0.159. The van der Waals surface area contributed by atoms with Gasteiger partial charge in [-0.2, -0.15) is 0 Å². The third-order valence-electron chi connectivity index (χ3n) is 15.1. The molecule has 0 spiro atoms. The van der Waals surface area contributed by atoms with Crippen LogP contribution in [0.1, 0.15) is 118 Å². The summed E-state index contributed by atoms with van der Waals surface area (Å²) in [5.41, 5.74) is 5.27. The van der Waals surface area contributed by atoms with E-state index in [1.54, 1.807) is 51.6 Å². The van der Waals surface area contributed by atoms with Crippen LogP contribution in [0.3, 0.4) is 0 Å². The first-order valence-corrected chi connectivity index (χ1v) is 26.4. The molecule has 1 aliphatic heterocycles. The standard InChI is InChI=1S/C60H84N4O10/c1-16-39(7)54(51(71-14)33-52(66)64-34-38(6)30-49(64)55(72-15)40(8)56(67)61-48(58(69)74-60(9,10)11)31-41-24-18-17-19-25-41)62(12)57(68)46(36(2)3)32-50(65)53(37(4)5)63(13)59(70)73-35-47-44-28-22-20-26-42(44)43-27-21-23-29-45(43)47/h17-29,36-37,39-40,46-49,51,53-55H,6,16,30-35H2,1-5,7-15H3,(H,61,67)/t39-,40+,46-,48-,49-,51+,53-,54-,55+/m0/s1. The Hall–Kier alpha value is -5.86. The van der Waals surface area contributed by atoms with Crippen LogP contribution >= 0.6 is 0 Å². The number of likely N-dealkylation sites (tertiary alicyclic amines) is 1. The molecule has 9 atom stereocenters. The number of ether oxygens (including phenoxy) is 4. The Morgan fingerprint density at radius 1 is 0.784 bits per heavy atom. The largest absolute Gasteiger partial charge is 0.458 e. The molecular formula is C60H84N4O10. The van der Waals surface area contributed by atoms with Crippen molar-refractivity contribution >= 4 is 35.6 Å². The minimum atomic E-state index is -0.972. The Labute approximate surface area is 440 Å². The first-order valence-electron chi connectivity index (χ1n) is 26.4. The van der Waals surface area contributed by atoms with E-state index < -0.39 is 71.8 Å². The molecular weight excluding hydrogens is 937 g/mol. The van der Waals surface area contributed by atoms with E-state index in [1.165, 1.54) is 19.1 Å². The number of fused-ring (bicyclic) bond motifs is 3. The van der Waals surface area contributed by atoms with E-state index in [2.05, 4.69) is 36.2 Å². The summed E-state index contributed by atoms with van der Waals surface area (Å²) in [6.07, 6.45) is -1.06. The molecule has 3 aromatic carbocycles. The molecule has 404 valence electrons. The Morgan fingerprint density at radius 2 is 1.36 bits per heavy atom. The molecule has 5 rings (SSSR count). The number of ketones is 1. The van der Waals surface area contributed by atoms with Crippen LogP contribution in [0.2, 0.25) is 0 Å². The number of hydrogen-bond donors (Lipinski definition) is 1. The summed E-state index contributed by atoms with van der Waals surface area (Å²) in [5, 5.41) is 2.93. The minimum absolute atomic E-state index is 0.0899. The summed E-state index contributed by atoms with van der Waals surface area (Å²) in [5.74, 6) is -4.09. The van der Waals surface area contributed by atoms with E-state index in [4.69, 9.17) is 18.9 Å². The Balaban J connectivity index is 1.29. The van der Waals surface area contributed by atoms with Gasteiger partial charge < -0.3 is 39.0 Å². The highest BCUT2D eigenvalue weighted by molar-refractivity contribution is 5.92. The zero-order chi connectivity index (χ0) is 54.8. The molecule has 1 N–H and O–H groups in total. The Kier molecular flexibility index (Phi) is 20.8. The van der Waals surface area contributed by atoms with Gasteiger partial charge in [-0.25, -0.2) is 9.59 Å². The van der Waals surface area contributed by atoms with Crippen LogP contribution < -0.4 is 5.32 Å². The van der Waals surface area contributed by atoms with E-state index >= 15 is 0 Å². The van der Waals surface area contributed by atoms with Gasteiger partial charge in [0.15, 0.2) is 5.78 Å². The Bertz CT molecular complexity index is 2390. The zero-order valence-electron chi connectivity index (χ0n) is 46.5. The molecule has 0 saturated carbocycles. The predicted molar refractivity (Wildman–Crippen MR) is 288 cm³/mol. The number of methoxy groups -OCH3 is 2. The van der Waals surface area contributed by atoms with Gasteiger partial charge in [0.25, 0.3) is 0 Å². The molecule has 4 amide bonds. The third-order valence-corrected chi connectivity index (χ3v) is 15.1. The summed E-state index contributed by atoms with van der Waals surface area (Å²) in [4.78, 5) is 90.1. The van der Waals surface area contributed by atoms with Crippen molar-refractivity contribution in [3.8, 4) is 11.1 Å². The number of nitrogens with one attached hydrogen (secondary N) is 1. The van der Waals surface area contributed by atoms with Crippen molar-refractivity contribution in [1.82, 2.24) is 20.0 Å². The molecule has 1 heterocycles. The van der Waals surface area contributed by atoms with Crippen molar-refractivity contribution in [2.75, 3.05) is 41.5 Å². The maximum Gasteiger partial charge on any atom is 0.410 e. The van der Waals surface area contributed by atoms with Crippen LogP contribution in [-0.4, -0.2) is 134 Å². The van der Waals surface area contributed by atoms with Gasteiger partial charge in [0.1, 0.15) is 18.2 Å². The highest BCUT2D eigenvalue weighted by Gasteiger charge is 2.45. The third kappa shape index (κ3) is 14.3. The molecule has 0 radical (unpaired) electrons. The molecule has 0 bridgehead atoms. The van der Waals surface area contributed by atoms with E-state index in [-0.39, 0.29) is 73.7 Å². The fourth-order valence-corrected chi connectivity index (χ4v) is 11.0. The number of carbonyl (C=O) groups is 6. The SMILES string of the molecule is C=C1C[C@@H]([C@H](OC)[C@@H](C)C(=O)N[C@@H](Cc2ccccc2)C(=O)OC(C)(C)C)N(C(=O)C[C@@H](OC)[C@H]([C@@H](C)CC)N(C)C(=O)[C@@H](CC(=O)[C@H](C(C)C)N(C)C(=O)OCC2c3ccccc3-c3ccccc32)C(C)C)C1. The van der Waals surface area contributed by atoms with Crippen molar-refractivity contribution in [3.63, 3.8) is 0 Å². The summed E-state index contributed by atoms with van der Waals surface area (Å²) >= 11 is 0. The van der Waals surface area contributed by atoms with Crippen molar-refractivity contribution < 1.29 is 47.7 Å². The number of benzene rings is 3. The monoisotopic (exact) mass is 1020 g/mol. The van der Waals surface area contributed by atoms with Gasteiger partial charge in [-0.1, -0.05) is 146 Å². The normalized spacial score (nSPS) is 17.8. The number of hydrogen-bond acceptors (Lipinski definition) is 10. The topological polar surface area (TPSA) is 161 Å². The second-order valence-electron chi connectivity index (χ2n) is 22.2. The molecule has 1 aliphatic carbocycles. The molecule has 0 unspecified atom stereocenters. The first kappa shape index (κ1) is 59.0. The maximum atomic E-state index is 14.9. The van der Waals surface area contributed by atoms with Crippen LogP contribution in [0.5, 0.6) is 0 Å². The quantitative estimate of drug-likeness (QED) is 0.0677. The maximum absolute atomic E-state index is 14.9. The molecule has 3 aromatic rings. The summed E-state index contributed by atoms with van der Waals surface area (Å²) in [6.45, 7) is 23.2. The molecule has 14 heteroatoms. The van der Waals surface area contributed by atoms with Crippen molar-refractivity contribution in [1.29, 1.82) is 0 Å². The zero-order valence-corrected chi connectivity index (χ0v) is 46.5. The highest BCUT2D eigenvalue weighted by atomic mass is 16.6.